The van der Waals surface area contributed by atoms with Crippen LogP contribution in [-0.4, -0.2) is 18.4 Å². The number of benzene rings is 2. The highest BCUT2D eigenvalue weighted by Gasteiger charge is 2.22. The molecule has 0 aromatic heterocycles. The molecule has 0 aliphatic carbocycles. The zero-order valence-electron chi connectivity index (χ0n) is 14.0. The summed E-state index contributed by atoms with van der Waals surface area (Å²) in [5, 5.41) is 6.24. The van der Waals surface area contributed by atoms with Crippen molar-refractivity contribution in [3.05, 3.63) is 58.7 Å². The average molecular weight is 358 g/mol. The second-order valence-corrected chi connectivity index (χ2v) is 6.31. The summed E-state index contributed by atoms with van der Waals surface area (Å²) >= 11 is 0. The third-order valence-corrected chi connectivity index (χ3v) is 4.71. The van der Waals surface area contributed by atoms with Crippen LogP contribution in [-0.2, 0) is 24.3 Å². The van der Waals surface area contributed by atoms with Crippen molar-refractivity contribution >= 4 is 35.6 Å². The summed E-state index contributed by atoms with van der Waals surface area (Å²) in [5.41, 5.74) is 5.93. The van der Waals surface area contributed by atoms with Crippen LogP contribution >= 0.6 is 12.4 Å². The van der Waals surface area contributed by atoms with Gasteiger partial charge in [-0.3, -0.25) is 9.59 Å². The molecule has 2 heterocycles. The minimum atomic E-state index is -0.105. The van der Waals surface area contributed by atoms with Gasteiger partial charge in [-0.1, -0.05) is 6.07 Å². The van der Waals surface area contributed by atoms with E-state index in [4.69, 9.17) is 0 Å². The maximum atomic E-state index is 12.5. The molecule has 2 aromatic rings. The number of nitrogens with one attached hydrogen (secondary N) is 2. The molecule has 0 atom stereocenters. The van der Waals surface area contributed by atoms with Crippen LogP contribution in [0.1, 0.15) is 34.0 Å². The quantitative estimate of drug-likeness (QED) is 0.868. The van der Waals surface area contributed by atoms with Crippen molar-refractivity contribution in [3.8, 4) is 0 Å². The van der Waals surface area contributed by atoms with Gasteiger partial charge in [-0.05, 0) is 53.4 Å². The summed E-state index contributed by atoms with van der Waals surface area (Å²) in [6.07, 6.45) is 0.823. The molecule has 0 bridgehead atoms. The van der Waals surface area contributed by atoms with Crippen molar-refractivity contribution in [3.63, 3.8) is 0 Å². The van der Waals surface area contributed by atoms with Gasteiger partial charge in [-0.15, -0.1) is 12.4 Å². The van der Waals surface area contributed by atoms with Crippen molar-refractivity contribution in [1.82, 2.24) is 5.32 Å². The number of halogens is 1. The predicted molar refractivity (Wildman–Crippen MR) is 100 cm³/mol. The maximum absolute atomic E-state index is 12.5. The van der Waals surface area contributed by atoms with Gasteiger partial charge in [0.2, 0.25) is 5.91 Å². The Bertz CT molecular complexity index is 851. The van der Waals surface area contributed by atoms with Gasteiger partial charge in [0.05, 0.1) is 0 Å². The molecule has 0 radical (unpaired) electrons. The molecule has 0 spiro atoms. The lowest BCUT2D eigenvalue weighted by Crippen LogP contribution is -2.25. The number of fused-ring (bicyclic) bond motifs is 2. The molecule has 2 aliphatic heterocycles. The van der Waals surface area contributed by atoms with E-state index in [1.165, 1.54) is 11.1 Å². The maximum Gasteiger partial charge on any atom is 0.255 e. The third-order valence-electron chi connectivity index (χ3n) is 4.71. The number of hydrogen-bond donors (Lipinski definition) is 2. The van der Waals surface area contributed by atoms with Crippen LogP contribution in [0.3, 0.4) is 0 Å². The first kappa shape index (κ1) is 17.5. The number of rotatable bonds is 2. The predicted octanol–water partition coefficient (Wildman–Crippen LogP) is 2.87. The topological polar surface area (TPSA) is 61.4 Å². The molecule has 4 rings (SSSR count). The lowest BCUT2D eigenvalue weighted by Gasteiger charge is -2.15. The smallest absolute Gasteiger partial charge is 0.255 e. The van der Waals surface area contributed by atoms with E-state index >= 15 is 0 Å². The highest BCUT2D eigenvalue weighted by atomic mass is 35.5. The summed E-state index contributed by atoms with van der Waals surface area (Å²) in [5.74, 6) is -0.0524. The van der Waals surface area contributed by atoms with E-state index < -0.39 is 0 Å². The number of carbonyl (C=O) groups excluding carboxylic acids is 2. The molecule has 2 aromatic carbocycles. The molecule has 0 saturated carbocycles. The zero-order valence-corrected chi connectivity index (χ0v) is 14.8. The molecule has 0 saturated heterocycles. The van der Waals surface area contributed by atoms with Crippen molar-refractivity contribution in [2.75, 3.05) is 16.8 Å². The third kappa shape index (κ3) is 3.25. The fraction of sp³-hybridized carbons (Fsp3) is 0.263. The van der Waals surface area contributed by atoms with E-state index in [-0.39, 0.29) is 24.2 Å². The summed E-state index contributed by atoms with van der Waals surface area (Å²) in [6, 6.07) is 11.6. The lowest BCUT2D eigenvalue weighted by atomic mass is 10.1. The molecule has 2 N–H and O–H groups in total. The van der Waals surface area contributed by atoms with E-state index in [0.717, 1.165) is 36.4 Å². The Labute approximate surface area is 152 Å². The van der Waals surface area contributed by atoms with Gasteiger partial charge < -0.3 is 15.5 Å². The van der Waals surface area contributed by atoms with Crippen LogP contribution in [0.2, 0.25) is 0 Å². The Kier molecular flexibility index (Phi) is 4.79. The Morgan fingerprint density at radius 3 is 2.64 bits per heavy atom. The van der Waals surface area contributed by atoms with Gasteiger partial charge in [-0.25, -0.2) is 0 Å². The minimum absolute atomic E-state index is 0. The standard InChI is InChI=1S/C19H19N3O2.ClH/c1-12(23)22-7-6-13-9-17(4-5-18(13)22)21-19(24)14-2-3-15-10-20-11-16(15)8-14;/h2-5,8-9,20H,6-7,10-11H2,1H3,(H,21,24);1H. The van der Waals surface area contributed by atoms with Crippen molar-refractivity contribution < 1.29 is 9.59 Å². The Morgan fingerprint density at radius 2 is 1.84 bits per heavy atom. The summed E-state index contributed by atoms with van der Waals surface area (Å²) in [7, 11) is 0. The number of hydrogen-bond acceptors (Lipinski definition) is 3. The summed E-state index contributed by atoms with van der Waals surface area (Å²) in [6.45, 7) is 3.97. The Hall–Kier alpha value is -2.37. The Morgan fingerprint density at radius 1 is 1.04 bits per heavy atom. The molecule has 0 unspecified atom stereocenters. The van der Waals surface area contributed by atoms with E-state index in [9.17, 15) is 9.59 Å². The number of nitrogens with zero attached hydrogens (tertiary/aromatic N) is 1. The van der Waals surface area contributed by atoms with Crippen LogP contribution in [0.5, 0.6) is 0 Å². The molecule has 25 heavy (non-hydrogen) atoms. The first-order chi connectivity index (χ1) is 11.6. The van der Waals surface area contributed by atoms with Crippen molar-refractivity contribution in [1.29, 1.82) is 0 Å². The van der Waals surface area contributed by atoms with Crippen LogP contribution in [0.25, 0.3) is 0 Å². The zero-order chi connectivity index (χ0) is 16.7. The normalized spacial score (nSPS) is 14.5. The SMILES string of the molecule is CC(=O)N1CCc2cc(NC(=O)c3ccc4c(c3)CNC4)ccc21.Cl. The van der Waals surface area contributed by atoms with Gasteiger partial charge in [-0.2, -0.15) is 0 Å². The molecule has 0 fully saturated rings. The van der Waals surface area contributed by atoms with Crippen LogP contribution in [0, 0.1) is 0 Å². The first-order valence-electron chi connectivity index (χ1n) is 8.17. The van der Waals surface area contributed by atoms with Gasteiger partial charge in [0.25, 0.3) is 5.91 Å². The fourth-order valence-electron chi connectivity index (χ4n) is 3.45. The highest BCUT2D eigenvalue weighted by Crippen LogP contribution is 2.30. The van der Waals surface area contributed by atoms with E-state index in [2.05, 4.69) is 10.6 Å². The Balaban J connectivity index is 0.00000182. The van der Waals surface area contributed by atoms with Crippen molar-refractivity contribution in [2.24, 2.45) is 0 Å². The molecule has 130 valence electrons. The van der Waals surface area contributed by atoms with Crippen LogP contribution in [0.15, 0.2) is 36.4 Å². The second kappa shape index (κ2) is 6.86. The lowest BCUT2D eigenvalue weighted by molar-refractivity contribution is -0.116. The van der Waals surface area contributed by atoms with Gasteiger partial charge in [0.1, 0.15) is 0 Å². The van der Waals surface area contributed by atoms with Crippen LogP contribution in [0.4, 0.5) is 11.4 Å². The number of amides is 2. The largest absolute Gasteiger partial charge is 0.322 e. The summed E-state index contributed by atoms with van der Waals surface area (Å²) in [4.78, 5) is 25.9. The molecule has 6 heteroatoms. The van der Waals surface area contributed by atoms with Gasteiger partial charge in [0.15, 0.2) is 0 Å². The molecule has 2 amide bonds. The second-order valence-electron chi connectivity index (χ2n) is 6.31. The number of anilines is 2. The van der Waals surface area contributed by atoms with E-state index in [1.807, 2.05) is 36.4 Å². The first-order valence-corrected chi connectivity index (χ1v) is 8.17. The van der Waals surface area contributed by atoms with Crippen molar-refractivity contribution in [2.45, 2.75) is 26.4 Å². The van der Waals surface area contributed by atoms with Crippen LogP contribution < -0.4 is 15.5 Å². The molecular formula is C19H20ClN3O2. The number of carbonyl (C=O) groups is 2. The monoisotopic (exact) mass is 357 g/mol. The molecule has 2 aliphatic rings. The highest BCUT2D eigenvalue weighted by molar-refractivity contribution is 6.05. The van der Waals surface area contributed by atoms with E-state index in [0.29, 0.717) is 12.1 Å². The molecule has 5 nitrogen and oxygen atoms in total. The van der Waals surface area contributed by atoms with E-state index in [1.54, 1.807) is 11.8 Å². The van der Waals surface area contributed by atoms with Gasteiger partial charge >= 0.3 is 0 Å². The minimum Gasteiger partial charge on any atom is -0.322 e. The summed E-state index contributed by atoms with van der Waals surface area (Å²) < 4.78 is 0. The van der Waals surface area contributed by atoms with Gasteiger partial charge in [0, 0.05) is 43.5 Å². The molecular weight excluding hydrogens is 338 g/mol. The average Bonchev–Trinajstić information content (AvgIpc) is 3.20. The fourth-order valence-corrected chi connectivity index (χ4v) is 3.45.